The van der Waals surface area contributed by atoms with Gasteiger partial charge in [-0.05, 0) is 11.5 Å². The Morgan fingerprint density at radius 1 is 1.14 bits per heavy atom. The molecule has 0 aromatic heterocycles. The van der Waals surface area contributed by atoms with E-state index in [0.29, 0.717) is 18.1 Å². The first-order chi connectivity index (χ1) is 6.61. The predicted molar refractivity (Wildman–Crippen MR) is 59.3 cm³/mol. The van der Waals surface area contributed by atoms with Crippen molar-refractivity contribution in [2.24, 2.45) is 5.92 Å². The largest absolute Gasteiger partial charge is 0.299 e. The summed E-state index contributed by atoms with van der Waals surface area (Å²) in [5.74, 6) is 0.841. The van der Waals surface area contributed by atoms with E-state index in [1.165, 1.54) is 5.56 Å². The fraction of sp³-hybridized carbons (Fsp3) is 0.462. The summed E-state index contributed by atoms with van der Waals surface area (Å²) in [5, 5.41) is 0. The second-order valence-electron chi connectivity index (χ2n) is 4.14. The SMILES string of the molecule is CC(C)C(=O)CC(C)c1ccccc1. The Kier molecular flexibility index (Phi) is 3.87. The molecule has 1 rings (SSSR count). The number of hydrogen-bond acceptors (Lipinski definition) is 1. The molecule has 0 amide bonds. The monoisotopic (exact) mass is 190 g/mol. The van der Waals surface area contributed by atoms with Gasteiger partial charge >= 0.3 is 0 Å². The molecule has 0 bridgehead atoms. The molecule has 0 saturated heterocycles. The highest BCUT2D eigenvalue weighted by atomic mass is 16.1. The van der Waals surface area contributed by atoms with E-state index in [-0.39, 0.29) is 5.92 Å². The molecule has 1 aromatic rings. The van der Waals surface area contributed by atoms with Gasteiger partial charge < -0.3 is 0 Å². The number of hydrogen-bond donors (Lipinski definition) is 0. The van der Waals surface area contributed by atoms with Gasteiger partial charge in [0.2, 0.25) is 0 Å². The molecule has 1 atom stereocenters. The number of Topliss-reactive ketones (excluding diaryl/α,β-unsaturated/α-hetero) is 1. The first-order valence-electron chi connectivity index (χ1n) is 5.19. The molecule has 0 saturated carbocycles. The van der Waals surface area contributed by atoms with E-state index in [4.69, 9.17) is 0 Å². The maximum absolute atomic E-state index is 11.5. The van der Waals surface area contributed by atoms with E-state index in [1.54, 1.807) is 0 Å². The summed E-state index contributed by atoms with van der Waals surface area (Å²) < 4.78 is 0. The van der Waals surface area contributed by atoms with Gasteiger partial charge in [-0.15, -0.1) is 0 Å². The Bertz CT molecular complexity index is 287. The zero-order valence-corrected chi connectivity index (χ0v) is 9.16. The smallest absolute Gasteiger partial charge is 0.136 e. The van der Waals surface area contributed by atoms with Crippen LogP contribution in [0.15, 0.2) is 30.3 Å². The summed E-state index contributed by atoms with van der Waals surface area (Å²) in [7, 11) is 0. The van der Waals surface area contributed by atoms with E-state index in [2.05, 4.69) is 19.1 Å². The number of carbonyl (C=O) groups excluding carboxylic acids is 1. The topological polar surface area (TPSA) is 17.1 Å². The molecular formula is C13H18O. The lowest BCUT2D eigenvalue weighted by Crippen LogP contribution is -2.10. The van der Waals surface area contributed by atoms with Crippen molar-refractivity contribution in [2.45, 2.75) is 33.1 Å². The van der Waals surface area contributed by atoms with Gasteiger partial charge in [-0.3, -0.25) is 4.79 Å². The number of benzene rings is 1. The van der Waals surface area contributed by atoms with Crippen molar-refractivity contribution < 1.29 is 4.79 Å². The van der Waals surface area contributed by atoms with Crippen LogP contribution >= 0.6 is 0 Å². The lowest BCUT2D eigenvalue weighted by Gasteiger charge is -2.12. The van der Waals surface area contributed by atoms with E-state index in [0.717, 1.165) is 0 Å². The summed E-state index contributed by atoms with van der Waals surface area (Å²) in [5.41, 5.74) is 1.25. The summed E-state index contributed by atoms with van der Waals surface area (Å²) in [6.07, 6.45) is 0.654. The van der Waals surface area contributed by atoms with Crippen LogP contribution in [0, 0.1) is 5.92 Å². The summed E-state index contributed by atoms with van der Waals surface area (Å²) >= 11 is 0. The molecule has 0 aliphatic heterocycles. The van der Waals surface area contributed by atoms with Crippen molar-refractivity contribution in [3.63, 3.8) is 0 Å². The standard InChI is InChI=1S/C13H18O/c1-10(2)13(14)9-11(3)12-7-5-4-6-8-12/h4-8,10-11H,9H2,1-3H3. The van der Waals surface area contributed by atoms with Crippen molar-refractivity contribution in [3.05, 3.63) is 35.9 Å². The number of ketones is 1. The fourth-order valence-electron chi connectivity index (χ4n) is 1.44. The van der Waals surface area contributed by atoms with Crippen molar-refractivity contribution >= 4 is 5.78 Å². The van der Waals surface area contributed by atoms with Crippen molar-refractivity contribution in [3.8, 4) is 0 Å². The molecule has 0 N–H and O–H groups in total. The third-order valence-electron chi connectivity index (χ3n) is 2.52. The lowest BCUT2D eigenvalue weighted by atomic mass is 9.92. The zero-order valence-electron chi connectivity index (χ0n) is 9.16. The van der Waals surface area contributed by atoms with Crippen LogP contribution in [0.2, 0.25) is 0 Å². The molecule has 0 heterocycles. The van der Waals surface area contributed by atoms with Gasteiger partial charge in [0.05, 0.1) is 0 Å². The van der Waals surface area contributed by atoms with Crippen LogP contribution in [-0.2, 0) is 4.79 Å². The normalized spacial score (nSPS) is 12.9. The Balaban J connectivity index is 2.59. The van der Waals surface area contributed by atoms with Gasteiger partial charge in [0.25, 0.3) is 0 Å². The minimum atomic E-state index is 0.154. The maximum atomic E-state index is 11.5. The summed E-state index contributed by atoms with van der Waals surface area (Å²) in [4.78, 5) is 11.5. The van der Waals surface area contributed by atoms with Gasteiger partial charge in [-0.1, -0.05) is 51.1 Å². The van der Waals surface area contributed by atoms with Crippen LogP contribution in [0.4, 0.5) is 0 Å². The second kappa shape index (κ2) is 4.94. The van der Waals surface area contributed by atoms with Crippen molar-refractivity contribution in [1.29, 1.82) is 0 Å². The molecule has 1 unspecified atom stereocenters. The molecule has 0 spiro atoms. The Labute approximate surface area is 86.1 Å². The molecule has 1 heteroatoms. The minimum Gasteiger partial charge on any atom is -0.299 e. The Morgan fingerprint density at radius 3 is 2.21 bits per heavy atom. The highest BCUT2D eigenvalue weighted by Gasteiger charge is 2.13. The van der Waals surface area contributed by atoms with Gasteiger partial charge in [0.1, 0.15) is 5.78 Å². The van der Waals surface area contributed by atoms with E-state index >= 15 is 0 Å². The van der Waals surface area contributed by atoms with Crippen molar-refractivity contribution in [2.75, 3.05) is 0 Å². The van der Waals surface area contributed by atoms with Crippen molar-refractivity contribution in [1.82, 2.24) is 0 Å². The molecule has 1 nitrogen and oxygen atoms in total. The summed E-state index contributed by atoms with van der Waals surface area (Å²) in [6.45, 7) is 6.02. The van der Waals surface area contributed by atoms with Crippen LogP contribution in [-0.4, -0.2) is 5.78 Å². The average Bonchev–Trinajstić information content (AvgIpc) is 2.19. The molecule has 76 valence electrons. The fourth-order valence-corrected chi connectivity index (χ4v) is 1.44. The number of carbonyl (C=O) groups is 1. The second-order valence-corrected chi connectivity index (χ2v) is 4.14. The van der Waals surface area contributed by atoms with Crippen LogP contribution in [0.25, 0.3) is 0 Å². The highest BCUT2D eigenvalue weighted by molar-refractivity contribution is 5.81. The van der Waals surface area contributed by atoms with E-state index < -0.39 is 0 Å². The van der Waals surface area contributed by atoms with Crippen LogP contribution in [0.3, 0.4) is 0 Å². The van der Waals surface area contributed by atoms with Crippen LogP contribution < -0.4 is 0 Å². The van der Waals surface area contributed by atoms with Crippen LogP contribution in [0.1, 0.15) is 38.7 Å². The lowest BCUT2D eigenvalue weighted by molar-refractivity contribution is -0.122. The molecule has 1 aromatic carbocycles. The Morgan fingerprint density at radius 2 is 1.71 bits per heavy atom. The van der Waals surface area contributed by atoms with Gasteiger partial charge in [-0.25, -0.2) is 0 Å². The van der Waals surface area contributed by atoms with E-state index in [9.17, 15) is 4.79 Å². The van der Waals surface area contributed by atoms with Gasteiger partial charge in [-0.2, -0.15) is 0 Å². The van der Waals surface area contributed by atoms with Crippen LogP contribution in [0.5, 0.6) is 0 Å². The zero-order chi connectivity index (χ0) is 10.6. The first kappa shape index (κ1) is 11.0. The minimum absolute atomic E-state index is 0.154. The van der Waals surface area contributed by atoms with Gasteiger partial charge in [0, 0.05) is 12.3 Å². The van der Waals surface area contributed by atoms with E-state index in [1.807, 2.05) is 32.0 Å². The predicted octanol–water partition coefficient (Wildman–Crippen LogP) is 3.41. The maximum Gasteiger partial charge on any atom is 0.136 e. The summed E-state index contributed by atoms with van der Waals surface area (Å²) in [6, 6.07) is 10.2. The third kappa shape index (κ3) is 2.99. The number of rotatable bonds is 4. The molecule has 0 aliphatic carbocycles. The highest BCUT2D eigenvalue weighted by Crippen LogP contribution is 2.20. The molecule has 0 fully saturated rings. The average molecular weight is 190 g/mol. The van der Waals surface area contributed by atoms with Gasteiger partial charge in [0.15, 0.2) is 0 Å². The third-order valence-corrected chi connectivity index (χ3v) is 2.52. The molecule has 0 aliphatic rings. The Hall–Kier alpha value is -1.11. The molecular weight excluding hydrogens is 172 g/mol. The molecule has 0 radical (unpaired) electrons. The molecule has 14 heavy (non-hydrogen) atoms. The first-order valence-corrected chi connectivity index (χ1v) is 5.19. The quantitative estimate of drug-likeness (QED) is 0.711.